The summed E-state index contributed by atoms with van der Waals surface area (Å²) in [7, 11) is 0. The van der Waals surface area contributed by atoms with E-state index in [0.717, 1.165) is 18.0 Å². The molecule has 4 N–H and O–H groups in total. The van der Waals surface area contributed by atoms with E-state index in [1.165, 1.54) is 18.2 Å². The maximum absolute atomic E-state index is 9.98. The Hall–Kier alpha value is -0.340. The van der Waals surface area contributed by atoms with Crippen LogP contribution < -0.4 is 5.32 Å². The number of hydrogen-bond donors (Lipinski definition) is 4. The van der Waals surface area contributed by atoms with Crippen LogP contribution in [0.25, 0.3) is 0 Å². The lowest BCUT2D eigenvalue weighted by Crippen LogP contribution is -2.55. The standard InChI is InChI=1S/C11H18N2O4S/c14-4-6-8(15)9(16)7-10(17-6)18-11(13-7)12-5-2-1-3-5/h5-10,14-16H,1-4H2,(H,12,13). The normalized spacial score (nSPS) is 44.2. The molecule has 102 valence electrons. The minimum Gasteiger partial charge on any atom is -0.394 e. The van der Waals surface area contributed by atoms with Gasteiger partial charge in [0.25, 0.3) is 0 Å². The van der Waals surface area contributed by atoms with Crippen LogP contribution >= 0.6 is 11.8 Å². The van der Waals surface area contributed by atoms with Gasteiger partial charge in [0.2, 0.25) is 0 Å². The van der Waals surface area contributed by atoms with E-state index in [2.05, 4.69) is 10.3 Å². The Morgan fingerprint density at radius 2 is 2.11 bits per heavy atom. The third-order valence-corrected chi connectivity index (χ3v) is 4.84. The molecule has 5 atom stereocenters. The van der Waals surface area contributed by atoms with E-state index in [9.17, 15) is 10.2 Å². The molecule has 0 aromatic heterocycles. The van der Waals surface area contributed by atoms with Crippen molar-refractivity contribution in [1.82, 2.24) is 5.32 Å². The van der Waals surface area contributed by atoms with Gasteiger partial charge < -0.3 is 25.4 Å². The first kappa shape index (κ1) is 12.7. The van der Waals surface area contributed by atoms with E-state index in [0.29, 0.717) is 6.04 Å². The van der Waals surface area contributed by atoms with Gasteiger partial charge in [-0.25, -0.2) is 0 Å². The summed E-state index contributed by atoms with van der Waals surface area (Å²) in [4.78, 5) is 4.38. The van der Waals surface area contributed by atoms with Crippen LogP contribution in [0.3, 0.4) is 0 Å². The number of nitrogens with zero attached hydrogens (tertiary/aromatic N) is 1. The summed E-state index contributed by atoms with van der Waals surface area (Å²) in [6.45, 7) is -0.298. The fourth-order valence-electron chi connectivity index (χ4n) is 2.38. The van der Waals surface area contributed by atoms with E-state index >= 15 is 0 Å². The molecule has 7 heteroatoms. The van der Waals surface area contributed by atoms with Crippen LogP contribution in [0.2, 0.25) is 0 Å². The van der Waals surface area contributed by atoms with Gasteiger partial charge >= 0.3 is 0 Å². The zero-order valence-electron chi connectivity index (χ0n) is 9.90. The van der Waals surface area contributed by atoms with E-state index < -0.39 is 24.4 Å². The number of hydrogen-bond acceptors (Lipinski definition) is 7. The molecule has 1 aliphatic carbocycles. The molecule has 3 rings (SSSR count). The summed E-state index contributed by atoms with van der Waals surface area (Å²) in [6, 6.07) is 0.0301. The average molecular weight is 274 g/mol. The monoisotopic (exact) mass is 274 g/mol. The number of aliphatic hydroxyl groups is 3. The number of aliphatic hydroxyl groups excluding tert-OH is 3. The number of fused-ring (bicyclic) bond motifs is 1. The lowest BCUT2D eigenvalue weighted by Gasteiger charge is -2.37. The molecule has 0 bridgehead atoms. The van der Waals surface area contributed by atoms with Crippen LogP contribution in [0.1, 0.15) is 19.3 Å². The fourth-order valence-corrected chi connectivity index (χ4v) is 3.57. The van der Waals surface area contributed by atoms with E-state index in [1.54, 1.807) is 0 Å². The van der Waals surface area contributed by atoms with Crippen LogP contribution in [-0.4, -0.2) is 62.9 Å². The van der Waals surface area contributed by atoms with Gasteiger partial charge in [-0.05, 0) is 19.3 Å². The molecule has 0 amide bonds. The largest absolute Gasteiger partial charge is 0.394 e. The molecule has 0 radical (unpaired) electrons. The number of ether oxygens (including phenoxy) is 1. The second-order valence-electron chi connectivity index (χ2n) is 5.02. The Kier molecular flexibility index (Phi) is 3.50. The third kappa shape index (κ3) is 2.14. The first-order valence-electron chi connectivity index (χ1n) is 6.32. The highest BCUT2D eigenvalue weighted by Gasteiger charge is 2.48. The minimum absolute atomic E-state index is 0.298. The van der Waals surface area contributed by atoms with E-state index in [1.807, 2.05) is 0 Å². The zero-order chi connectivity index (χ0) is 12.7. The van der Waals surface area contributed by atoms with Crippen molar-refractivity contribution in [3.05, 3.63) is 0 Å². The fraction of sp³-hybridized carbons (Fsp3) is 0.909. The molecule has 3 aliphatic rings. The lowest BCUT2D eigenvalue weighted by atomic mass is 9.93. The van der Waals surface area contributed by atoms with Gasteiger partial charge in [-0.3, -0.25) is 4.99 Å². The highest BCUT2D eigenvalue weighted by atomic mass is 32.2. The Morgan fingerprint density at radius 3 is 2.72 bits per heavy atom. The number of thioether (sulfide) groups is 1. The Labute approximate surface area is 109 Å². The lowest BCUT2D eigenvalue weighted by molar-refractivity contribution is -0.164. The first-order chi connectivity index (χ1) is 8.69. The van der Waals surface area contributed by atoms with Crippen molar-refractivity contribution in [2.24, 2.45) is 4.99 Å². The van der Waals surface area contributed by atoms with Gasteiger partial charge in [-0.15, -0.1) is 0 Å². The highest BCUT2D eigenvalue weighted by molar-refractivity contribution is 8.14. The van der Waals surface area contributed by atoms with Crippen LogP contribution in [0.4, 0.5) is 0 Å². The van der Waals surface area contributed by atoms with Crippen molar-refractivity contribution in [3.63, 3.8) is 0 Å². The summed E-state index contributed by atoms with van der Waals surface area (Å²) in [5, 5.41) is 33.0. The van der Waals surface area contributed by atoms with Gasteiger partial charge in [-0.2, -0.15) is 0 Å². The van der Waals surface area contributed by atoms with Crippen molar-refractivity contribution in [2.45, 2.75) is 55.1 Å². The van der Waals surface area contributed by atoms with E-state index in [-0.39, 0.29) is 12.0 Å². The molecular weight excluding hydrogens is 256 g/mol. The molecule has 0 aromatic rings. The van der Waals surface area contributed by atoms with Gasteiger partial charge in [-0.1, -0.05) is 11.8 Å². The molecule has 2 fully saturated rings. The molecule has 1 saturated heterocycles. The molecular formula is C11H18N2O4S. The summed E-state index contributed by atoms with van der Waals surface area (Å²) in [5.41, 5.74) is -0.317. The predicted octanol–water partition coefficient (Wildman–Crippen LogP) is -0.961. The Balaban J connectivity index is 1.66. The molecule has 5 unspecified atom stereocenters. The highest BCUT2D eigenvalue weighted by Crippen LogP contribution is 2.36. The van der Waals surface area contributed by atoms with E-state index in [4.69, 9.17) is 9.84 Å². The SMILES string of the molecule is OCC1OC2SC(NC3CCC3)=NC2C(O)C1O. The van der Waals surface area contributed by atoms with Crippen molar-refractivity contribution in [2.75, 3.05) is 6.61 Å². The molecule has 0 spiro atoms. The smallest absolute Gasteiger partial charge is 0.159 e. The van der Waals surface area contributed by atoms with Gasteiger partial charge in [0.05, 0.1) is 6.61 Å². The first-order valence-corrected chi connectivity index (χ1v) is 7.20. The molecule has 0 aromatic carbocycles. The van der Waals surface area contributed by atoms with Crippen molar-refractivity contribution < 1.29 is 20.1 Å². The molecule has 2 heterocycles. The second kappa shape index (κ2) is 4.97. The summed E-state index contributed by atoms with van der Waals surface area (Å²) in [6.07, 6.45) is 0.762. The number of amidine groups is 1. The molecule has 2 aliphatic heterocycles. The Morgan fingerprint density at radius 1 is 1.33 bits per heavy atom. The Bertz CT molecular complexity index is 350. The maximum Gasteiger partial charge on any atom is 0.159 e. The van der Waals surface area contributed by atoms with Gasteiger partial charge in [0.1, 0.15) is 29.8 Å². The summed E-state index contributed by atoms with van der Waals surface area (Å²) in [5.74, 6) is 0. The number of aliphatic imine (C=N–C) groups is 1. The van der Waals surface area contributed by atoms with Crippen molar-refractivity contribution in [1.29, 1.82) is 0 Å². The minimum atomic E-state index is -1.08. The summed E-state index contributed by atoms with van der Waals surface area (Å²) >= 11 is 1.43. The van der Waals surface area contributed by atoms with Crippen LogP contribution in [-0.2, 0) is 4.74 Å². The zero-order valence-corrected chi connectivity index (χ0v) is 10.7. The van der Waals surface area contributed by atoms with Gasteiger partial charge in [0.15, 0.2) is 5.17 Å². The molecule has 6 nitrogen and oxygen atoms in total. The molecule has 18 heavy (non-hydrogen) atoms. The summed E-state index contributed by atoms with van der Waals surface area (Å²) < 4.78 is 5.55. The van der Waals surface area contributed by atoms with Crippen LogP contribution in [0.5, 0.6) is 0 Å². The van der Waals surface area contributed by atoms with Gasteiger partial charge in [0, 0.05) is 6.04 Å². The quantitative estimate of drug-likeness (QED) is 0.518. The maximum atomic E-state index is 9.98. The second-order valence-corrected chi connectivity index (χ2v) is 6.11. The third-order valence-electron chi connectivity index (χ3n) is 3.78. The topological polar surface area (TPSA) is 94.3 Å². The number of rotatable bonds is 2. The number of nitrogens with one attached hydrogen (secondary N) is 1. The van der Waals surface area contributed by atoms with Crippen LogP contribution in [0.15, 0.2) is 4.99 Å². The average Bonchev–Trinajstić information content (AvgIpc) is 2.71. The molecule has 1 saturated carbocycles. The van der Waals surface area contributed by atoms with Crippen molar-refractivity contribution in [3.8, 4) is 0 Å². The van der Waals surface area contributed by atoms with Crippen LogP contribution in [0, 0.1) is 0 Å². The predicted molar refractivity (Wildman–Crippen MR) is 67.3 cm³/mol. The van der Waals surface area contributed by atoms with Crippen molar-refractivity contribution >= 4 is 16.9 Å².